The molecule has 0 saturated carbocycles. The summed E-state index contributed by atoms with van der Waals surface area (Å²) in [6, 6.07) is 7.17. The Morgan fingerprint density at radius 2 is 2.16 bits per heavy atom. The Labute approximate surface area is 120 Å². The minimum absolute atomic E-state index is 0.0647. The molecule has 0 atom stereocenters. The van der Waals surface area contributed by atoms with Crippen molar-refractivity contribution < 1.29 is 14.3 Å². The van der Waals surface area contributed by atoms with Gasteiger partial charge in [0.1, 0.15) is 17.4 Å². The zero-order chi connectivity index (χ0) is 14.4. The molecule has 0 fully saturated rings. The first-order valence-corrected chi connectivity index (χ1v) is 6.43. The van der Waals surface area contributed by atoms with Crippen LogP contribution in [0.25, 0.3) is 6.08 Å². The van der Waals surface area contributed by atoms with Crippen molar-refractivity contribution in [2.45, 2.75) is 20.0 Å². The average molecular weight is 324 g/mol. The second-order valence-electron chi connectivity index (χ2n) is 4.01. The van der Waals surface area contributed by atoms with Gasteiger partial charge >= 0.3 is 5.97 Å². The molecule has 0 unspecified atom stereocenters. The van der Waals surface area contributed by atoms with Crippen LogP contribution in [-0.4, -0.2) is 19.2 Å². The number of hydrogen-bond donors (Lipinski definition) is 0. The van der Waals surface area contributed by atoms with Crippen LogP contribution in [0.5, 0.6) is 5.75 Å². The van der Waals surface area contributed by atoms with Crippen molar-refractivity contribution in [2.24, 2.45) is 0 Å². The van der Waals surface area contributed by atoms with Crippen LogP contribution in [0.2, 0.25) is 0 Å². The minimum atomic E-state index is -0.639. The zero-order valence-electron chi connectivity index (χ0n) is 10.9. The van der Waals surface area contributed by atoms with Crippen LogP contribution in [0.1, 0.15) is 19.4 Å². The first kappa shape index (κ1) is 15.3. The van der Waals surface area contributed by atoms with Gasteiger partial charge in [-0.05, 0) is 38.1 Å². The highest BCUT2D eigenvalue weighted by Crippen LogP contribution is 2.25. The Kier molecular flexibility index (Phi) is 5.58. The van der Waals surface area contributed by atoms with Crippen LogP contribution in [0.4, 0.5) is 0 Å². The zero-order valence-corrected chi connectivity index (χ0v) is 12.5. The topological polar surface area (TPSA) is 59.3 Å². The fourth-order valence-electron chi connectivity index (χ4n) is 1.39. The number of hydrogen-bond acceptors (Lipinski definition) is 4. The van der Waals surface area contributed by atoms with Crippen LogP contribution in [0.15, 0.2) is 28.2 Å². The van der Waals surface area contributed by atoms with E-state index >= 15 is 0 Å². The largest absolute Gasteiger partial charge is 0.496 e. The first-order chi connectivity index (χ1) is 8.97. The van der Waals surface area contributed by atoms with E-state index < -0.39 is 5.97 Å². The van der Waals surface area contributed by atoms with Gasteiger partial charge in [0.25, 0.3) is 0 Å². The van der Waals surface area contributed by atoms with Crippen LogP contribution in [0.3, 0.4) is 0 Å². The number of carbonyl (C=O) groups excluding carboxylic acids is 1. The molecule has 0 aliphatic rings. The highest BCUT2D eigenvalue weighted by Gasteiger charge is 2.13. The molecule has 0 saturated heterocycles. The normalized spacial score (nSPS) is 11.1. The number of methoxy groups -OCH3 is 1. The third-order valence-electron chi connectivity index (χ3n) is 2.17. The number of rotatable bonds is 4. The van der Waals surface area contributed by atoms with Crippen LogP contribution >= 0.6 is 15.9 Å². The van der Waals surface area contributed by atoms with Gasteiger partial charge in [0.15, 0.2) is 0 Å². The van der Waals surface area contributed by atoms with Gasteiger partial charge in [0.2, 0.25) is 0 Å². The van der Waals surface area contributed by atoms with E-state index in [1.165, 1.54) is 13.2 Å². The standard InChI is InChI=1S/C14H14BrNO3/c1-9(2)19-14(17)11(8-16)6-10-7-12(15)4-5-13(10)18-3/h4-7,9H,1-3H3. The van der Waals surface area contributed by atoms with Crippen molar-refractivity contribution in [3.05, 3.63) is 33.8 Å². The summed E-state index contributed by atoms with van der Waals surface area (Å²) in [5, 5.41) is 9.03. The summed E-state index contributed by atoms with van der Waals surface area (Å²) in [6.45, 7) is 3.46. The minimum Gasteiger partial charge on any atom is -0.496 e. The molecule has 0 amide bonds. The maximum atomic E-state index is 11.7. The Hall–Kier alpha value is -1.80. The lowest BCUT2D eigenvalue weighted by Crippen LogP contribution is -2.12. The van der Waals surface area contributed by atoms with Crippen molar-refractivity contribution in [2.75, 3.05) is 7.11 Å². The van der Waals surface area contributed by atoms with Gasteiger partial charge in [-0.2, -0.15) is 5.26 Å². The lowest BCUT2D eigenvalue weighted by atomic mass is 10.1. The highest BCUT2D eigenvalue weighted by molar-refractivity contribution is 9.10. The number of benzene rings is 1. The summed E-state index contributed by atoms with van der Waals surface area (Å²) in [7, 11) is 1.53. The summed E-state index contributed by atoms with van der Waals surface area (Å²) >= 11 is 3.33. The number of halogens is 1. The number of ether oxygens (including phenoxy) is 2. The quantitative estimate of drug-likeness (QED) is 0.484. The molecule has 1 rings (SSSR count). The lowest BCUT2D eigenvalue weighted by molar-refractivity contribution is -0.142. The third kappa shape index (κ3) is 4.42. The van der Waals surface area contributed by atoms with E-state index in [2.05, 4.69) is 15.9 Å². The van der Waals surface area contributed by atoms with Crippen molar-refractivity contribution in [3.8, 4) is 11.8 Å². The monoisotopic (exact) mass is 323 g/mol. The van der Waals surface area contributed by atoms with Gasteiger partial charge in [-0.25, -0.2) is 4.79 Å². The summed E-state index contributed by atoms with van der Waals surface area (Å²) in [4.78, 5) is 11.7. The smallest absolute Gasteiger partial charge is 0.349 e. The molecule has 0 radical (unpaired) electrons. The van der Waals surface area contributed by atoms with Crippen molar-refractivity contribution in [1.29, 1.82) is 5.26 Å². The fraction of sp³-hybridized carbons (Fsp3) is 0.286. The van der Waals surface area contributed by atoms with Crippen LogP contribution < -0.4 is 4.74 Å². The van der Waals surface area contributed by atoms with E-state index in [0.717, 1.165) is 4.47 Å². The summed E-state index contributed by atoms with van der Waals surface area (Å²) < 4.78 is 11.0. The lowest BCUT2D eigenvalue weighted by Gasteiger charge is -2.08. The molecular formula is C14H14BrNO3. The number of nitrogens with zero attached hydrogens (tertiary/aromatic N) is 1. The molecule has 0 aliphatic heterocycles. The number of esters is 1. The second kappa shape index (κ2) is 6.95. The molecular weight excluding hydrogens is 310 g/mol. The fourth-order valence-corrected chi connectivity index (χ4v) is 1.77. The van der Waals surface area contributed by atoms with E-state index in [4.69, 9.17) is 14.7 Å². The van der Waals surface area contributed by atoms with Crippen LogP contribution in [0, 0.1) is 11.3 Å². The maximum Gasteiger partial charge on any atom is 0.349 e. The van der Waals surface area contributed by atoms with E-state index in [0.29, 0.717) is 11.3 Å². The van der Waals surface area contributed by atoms with E-state index in [-0.39, 0.29) is 11.7 Å². The van der Waals surface area contributed by atoms with Crippen molar-refractivity contribution in [3.63, 3.8) is 0 Å². The molecule has 100 valence electrons. The Morgan fingerprint density at radius 1 is 1.47 bits per heavy atom. The van der Waals surface area contributed by atoms with Gasteiger partial charge in [-0.1, -0.05) is 15.9 Å². The molecule has 19 heavy (non-hydrogen) atoms. The Bertz CT molecular complexity index is 544. The predicted molar refractivity (Wildman–Crippen MR) is 75.5 cm³/mol. The maximum absolute atomic E-state index is 11.7. The highest BCUT2D eigenvalue weighted by atomic mass is 79.9. The average Bonchev–Trinajstić information content (AvgIpc) is 2.35. The third-order valence-corrected chi connectivity index (χ3v) is 2.67. The molecule has 0 aliphatic carbocycles. The molecule has 1 aromatic carbocycles. The molecule has 0 heterocycles. The van der Waals surface area contributed by atoms with Gasteiger partial charge < -0.3 is 9.47 Å². The van der Waals surface area contributed by atoms with Crippen molar-refractivity contribution in [1.82, 2.24) is 0 Å². The SMILES string of the molecule is COc1ccc(Br)cc1C=C(C#N)C(=O)OC(C)C. The molecule has 4 nitrogen and oxygen atoms in total. The molecule has 0 N–H and O–H groups in total. The molecule has 0 spiro atoms. The number of carbonyl (C=O) groups is 1. The van der Waals surface area contributed by atoms with Gasteiger partial charge in [0.05, 0.1) is 13.2 Å². The predicted octanol–water partition coefficient (Wildman–Crippen LogP) is 3.32. The van der Waals surface area contributed by atoms with Gasteiger partial charge in [-0.3, -0.25) is 0 Å². The van der Waals surface area contributed by atoms with E-state index in [1.54, 1.807) is 26.0 Å². The first-order valence-electron chi connectivity index (χ1n) is 5.64. The summed E-state index contributed by atoms with van der Waals surface area (Å²) in [6.07, 6.45) is 1.18. The summed E-state index contributed by atoms with van der Waals surface area (Å²) in [5.74, 6) is -0.0622. The molecule has 0 bridgehead atoms. The van der Waals surface area contributed by atoms with E-state index in [1.807, 2.05) is 12.1 Å². The Morgan fingerprint density at radius 3 is 2.68 bits per heavy atom. The molecule has 0 aromatic heterocycles. The van der Waals surface area contributed by atoms with Gasteiger partial charge in [0, 0.05) is 10.0 Å². The second-order valence-corrected chi connectivity index (χ2v) is 4.93. The van der Waals surface area contributed by atoms with Crippen molar-refractivity contribution >= 4 is 28.0 Å². The molecule has 1 aromatic rings. The van der Waals surface area contributed by atoms with E-state index in [9.17, 15) is 4.79 Å². The summed E-state index contributed by atoms with van der Waals surface area (Å²) in [5.41, 5.74) is 0.569. The molecule has 5 heteroatoms. The Balaban J connectivity index is 3.14. The number of nitriles is 1. The van der Waals surface area contributed by atoms with Gasteiger partial charge in [-0.15, -0.1) is 0 Å². The van der Waals surface area contributed by atoms with Crippen LogP contribution in [-0.2, 0) is 9.53 Å².